The molecular formula is C51H70O3. The molecule has 4 aliphatic rings. The Morgan fingerprint density at radius 3 is 2.31 bits per heavy atom. The van der Waals surface area contributed by atoms with E-state index in [9.17, 15) is 4.79 Å². The van der Waals surface area contributed by atoms with Gasteiger partial charge in [-0.1, -0.05) is 134 Å². The van der Waals surface area contributed by atoms with Crippen molar-refractivity contribution in [1.29, 1.82) is 0 Å². The number of hydrogen-bond acceptors (Lipinski definition) is 3. The van der Waals surface area contributed by atoms with Crippen LogP contribution in [-0.4, -0.2) is 19.0 Å². The van der Waals surface area contributed by atoms with Gasteiger partial charge in [0.1, 0.15) is 17.3 Å². The second kappa shape index (κ2) is 16.0. The lowest BCUT2D eigenvalue weighted by molar-refractivity contribution is -0.122. The average molecular weight is 731 g/mol. The molecule has 6 rings (SSSR count). The van der Waals surface area contributed by atoms with Crippen LogP contribution < -0.4 is 9.47 Å². The Hall–Kier alpha value is -3.33. The van der Waals surface area contributed by atoms with Gasteiger partial charge in [0.15, 0.2) is 0 Å². The number of fused-ring (bicyclic) bond motifs is 1. The fraction of sp³-hybridized carbons (Fsp3) is 0.588. The van der Waals surface area contributed by atoms with E-state index in [-0.39, 0.29) is 28.8 Å². The highest BCUT2D eigenvalue weighted by atomic mass is 16.5. The Morgan fingerprint density at radius 1 is 1.02 bits per heavy atom. The lowest BCUT2D eigenvalue weighted by Gasteiger charge is -2.38. The number of methoxy groups -OCH3 is 1. The van der Waals surface area contributed by atoms with E-state index in [1.54, 1.807) is 14.0 Å². The summed E-state index contributed by atoms with van der Waals surface area (Å²) >= 11 is 0. The number of ether oxygens (including phenoxy) is 2. The first-order valence-corrected chi connectivity index (χ1v) is 21.2. The maximum atomic E-state index is 13.0. The van der Waals surface area contributed by atoms with Gasteiger partial charge in [-0.2, -0.15) is 0 Å². The van der Waals surface area contributed by atoms with Crippen LogP contribution in [0.3, 0.4) is 0 Å². The van der Waals surface area contributed by atoms with Gasteiger partial charge in [0, 0.05) is 16.2 Å². The summed E-state index contributed by atoms with van der Waals surface area (Å²) < 4.78 is 13.3. The van der Waals surface area contributed by atoms with E-state index >= 15 is 0 Å². The Morgan fingerprint density at radius 2 is 1.70 bits per heavy atom. The highest BCUT2D eigenvalue weighted by molar-refractivity contribution is 5.97. The van der Waals surface area contributed by atoms with Gasteiger partial charge >= 0.3 is 0 Å². The SMILES string of the molecule is C=C(CC1CCCC1)CC(C(=C)C1CC(Oc2cc(C3=CCC(CC(C)C)=C3)cc3c(OC)c(C)ccc23)CC1C(=C)CC1(C(C)=O)CC1C)C(C)(C)C. The quantitative estimate of drug-likeness (QED) is 0.161. The van der Waals surface area contributed by atoms with E-state index in [1.807, 2.05) is 0 Å². The summed E-state index contributed by atoms with van der Waals surface area (Å²) in [7, 11) is 1.77. The molecule has 6 unspecified atom stereocenters. The molecule has 4 aliphatic carbocycles. The molecule has 3 heteroatoms. The molecule has 0 aliphatic heterocycles. The number of ketones is 1. The van der Waals surface area contributed by atoms with Gasteiger partial charge in [-0.15, -0.1) is 0 Å². The minimum atomic E-state index is -0.253. The van der Waals surface area contributed by atoms with Crippen molar-refractivity contribution in [3.8, 4) is 11.5 Å². The van der Waals surface area contributed by atoms with E-state index in [2.05, 4.69) is 91.5 Å². The maximum absolute atomic E-state index is 13.0. The van der Waals surface area contributed by atoms with Crippen LogP contribution in [0.25, 0.3) is 16.3 Å². The summed E-state index contributed by atoms with van der Waals surface area (Å²) in [6, 6.07) is 8.92. The van der Waals surface area contributed by atoms with Crippen LogP contribution in [0.1, 0.15) is 137 Å². The smallest absolute Gasteiger partial charge is 0.136 e. The van der Waals surface area contributed by atoms with E-state index in [0.717, 1.165) is 85.1 Å². The molecule has 0 radical (unpaired) electrons. The molecular weight excluding hydrogens is 661 g/mol. The normalized spacial score (nSPS) is 26.2. The summed E-state index contributed by atoms with van der Waals surface area (Å²) in [5.74, 6) is 4.73. The van der Waals surface area contributed by atoms with Crippen molar-refractivity contribution in [2.24, 2.45) is 46.3 Å². The third kappa shape index (κ3) is 8.56. The van der Waals surface area contributed by atoms with Crippen LogP contribution in [0, 0.1) is 53.3 Å². The molecule has 292 valence electrons. The van der Waals surface area contributed by atoms with E-state index in [0.29, 0.717) is 23.5 Å². The second-order valence-corrected chi connectivity index (χ2v) is 19.6. The predicted octanol–water partition coefficient (Wildman–Crippen LogP) is 14.0. The second-order valence-electron chi connectivity index (χ2n) is 19.6. The maximum Gasteiger partial charge on any atom is 0.136 e. The molecule has 3 nitrogen and oxygen atoms in total. The third-order valence-corrected chi connectivity index (χ3v) is 13.9. The molecule has 3 saturated carbocycles. The number of aryl methyl sites for hydroxylation is 1. The zero-order valence-electron chi connectivity index (χ0n) is 35.3. The highest BCUT2D eigenvalue weighted by Crippen LogP contribution is 2.59. The van der Waals surface area contributed by atoms with Crippen LogP contribution >= 0.6 is 0 Å². The van der Waals surface area contributed by atoms with Gasteiger partial charge in [0.05, 0.1) is 13.2 Å². The molecule has 0 spiro atoms. The minimum Gasteiger partial charge on any atom is -0.496 e. The predicted molar refractivity (Wildman–Crippen MR) is 229 cm³/mol. The van der Waals surface area contributed by atoms with Crippen molar-refractivity contribution >= 4 is 22.1 Å². The molecule has 0 bridgehead atoms. The van der Waals surface area contributed by atoms with Crippen LogP contribution in [0.15, 0.2) is 78.4 Å². The van der Waals surface area contributed by atoms with Gasteiger partial charge < -0.3 is 9.47 Å². The Labute approximate surface area is 328 Å². The van der Waals surface area contributed by atoms with Crippen molar-refractivity contribution < 1.29 is 14.3 Å². The van der Waals surface area contributed by atoms with E-state index in [4.69, 9.17) is 22.6 Å². The number of benzene rings is 2. The summed E-state index contributed by atoms with van der Waals surface area (Å²) in [5, 5.41) is 2.18. The molecule has 0 aromatic heterocycles. The molecule has 3 fully saturated rings. The summed E-state index contributed by atoms with van der Waals surface area (Å²) in [6.07, 6.45) is 17.9. The molecule has 6 atom stereocenters. The van der Waals surface area contributed by atoms with E-state index < -0.39 is 0 Å². The van der Waals surface area contributed by atoms with Crippen LogP contribution in [0.5, 0.6) is 11.5 Å². The topological polar surface area (TPSA) is 35.5 Å². The van der Waals surface area contributed by atoms with Crippen molar-refractivity contribution in [2.45, 2.75) is 139 Å². The number of rotatable bonds is 16. The molecule has 0 N–H and O–H groups in total. The van der Waals surface area contributed by atoms with Gasteiger partial charge in [-0.05, 0) is 135 Å². The van der Waals surface area contributed by atoms with Gasteiger partial charge in [-0.3, -0.25) is 4.79 Å². The average Bonchev–Trinajstić information content (AvgIpc) is 3.58. The van der Waals surface area contributed by atoms with Crippen molar-refractivity contribution in [3.05, 3.63) is 89.6 Å². The molecule has 0 heterocycles. The van der Waals surface area contributed by atoms with Gasteiger partial charge in [0.25, 0.3) is 0 Å². The third-order valence-electron chi connectivity index (χ3n) is 13.9. The lowest BCUT2D eigenvalue weighted by Crippen LogP contribution is -2.29. The molecule has 2 aromatic carbocycles. The Bertz CT molecular complexity index is 1840. The molecule has 0 amide bonds. The molecule has 2 aromatic rings. The fourth-order valence-corrected chi connectivity index (χ4v) is 10.7. The largest absolute Gasteiger partial charge is 0.496 e. The number of Topliss-reactive ketones (excluding diaryl/α,β-unsaturated/α-hetero) is 1. The van der Waals surface area contributed by atoms with Gasteiger partial charge in [-0.25, -0.2) is 0 Å². The van der Waals surface area contributed by atoms with Crippen LogP contribution in [0.2, 0.25) is 0 Å². The fourth-order valence-electron chi connectivity index (χ4n) is 10.7. The summed E-state index contributed by atoms with van der Waals surface area (Å²) in [6.45, 7) is 32.3. The van der Waals surface area contributed by atoms with Crippen LogP contribution in [-0.2, 0) is 4.79 Å². The number of carbonyl (C=O) groups is 1. The molecule has 54 heavy (non-hydrogen) atoms. The van der Waals surface area contributed by atoms with Crippen LogP contribution in [0.4, 0.5) is 0 Å². The van der Waals surface area contributed by atoms with Crippen molar-refractivity contribution in [2.75, 3.05) is 7.11 Å². The van der Waals surface area contributed by atoms with Gasteiger partial charge in [0.2, 0.25) is 0 Å². The van der Waals surface area contributed by atoms with Crippen molar-refractivity contribution in [1.82, 2.24) is 0 Å². The monoisotopic (exact) mass is 731 g/mol. The first-order chi connectivity index (χ1) is 25.5. The number of hydrogen-bond donors (Lipinski definition) is 0. The van der Waals surface area contributed by atoms with E-state index in [1.165, 1.54) is 59.1 Å². The Balaban J connectivity index is 1.33. The number of carbonyl (C=O) groups excluding carboxylic acids is 1. The summed E-state index contributed by atoms with van der Waals surface area (Å²) in [4.78, 5) is 13.0. The molecule has 0 saturated heterocycles. The van der Waals surface area contributed by atoms with Crippen molar-refractivity contribution in [3.63, 3.8) is 0 Å². The Kier molecular flexibility index (Phi) is 12.0. The lowest BCUT2D eigenvalue weighted by atomic mass is 9.67. The highest BCUT2D eigenvalue weighted by Gasteiger charge is 2.56. The first kappa shape index (κ1) is 40.3. The first-order valence-electron chi connectivity index (χ1n) is 21.2. The summed E-state index contributed by atoms with van der Waals surface area (Å²) in [5.41, 5.74) is 8.76. The zero-order chi connectivity index (χ0) is 39.1. The zero-order valence-corrected chi connectivity index (χ0v) is 35.3. The minimum absolute atomic E-state index is 0.00365. The number of allylic oxidation sites excluding steroid dienone is 7. The standard InChI is InChI=1S/C51H70O3/c1-31(2)21-39-18-19-40(24-39)41-25-46-43(20-17-33(4)49(46)53-12)48(26-41)54-42-27-44(34(5)29-51(37(8)52)30-35(51)6)45(28-42)36(7)47(50(9,10)11)23-32(3)22-38-15-13-14-16-38/h17,19-20,24-26,31,35,38,42,44-45,47H,3,5,7,13-16,18,21-23,27-30H2,1-2,4,6,8-12H3.